The van der Waals surface area contributed by atoms with Gasteiger partial charge in [-0.2, -0.15) is 0 Å². The minimum Gasteiger partial charge on any atom is -0.494 e. The van der Waals surface area contributed by atoms with Crippen molar-refractivity contribution in [1.29, 1.82) is 0 Å². The standard InChI is InChI=1S/C23H33N5O/c1-4-24-23(26-17-19-9-10-21(29-5-2)18(3)16-19)27-20-11-14-28(15-12-20)22-8-6-7-13-25-22/h6-10,13,16,20H,4-5,11-12,14-15,17H2,1-3H3,(H2,24,26,27). The van der Waals surface area contributed by atoms with Crippen LogP contribution in [0.25, 0.3) is 0 Å². The third-order valence-electron chi connectivity index (χ3n) is 5.11. The SMILES string of the molecule is CCNC(=NCc1ccc(OCC)c(C)c1)NC1CCN(c2ccccn2)CC1. The number of anilines is 1. The maximum atomic E-state index is 5.63. The van der Waals surface area contributed by atoms with E-state index >= 15 is 0 Å². The molecule has 1 aromatic heterocycles. The molecule has 29 heavy (non-hydrogen) atoms. The van der Waals surface area contributed by atoms with Crippen LogP contribution in [0.2, 0.25) is 0 Å². The summed E-state index contributed by atoms with van der Waals surface area (Å²) in [5.41, 5.74) is 2.34. The Balaban J connectivity index is 1.55. The van der Waals surface area contributed by atoms with Crippen LogP contribution < -0.4 is 20.3 Å². The predicted octanol–water partition coefficient (Wildman–Crippen LogP) is 3.51. The summed E-state index contributed by atoms with van der Waals surface area (Å²) < 4.78 is 5.63. The third-order valence-corrected chi connectivity index (χ3v) is 5.11. The van der Waals surface area contributed by atoms with Crippen molar-refractivity contribution in [3.8, 4) is 5.75 Å². The summed E-state index contributed by atoms with van der Waals surface area (Å²) in [7, 11) is 0. The van der Waals surface area contributed by atoms with Gasteiger partial charge in [-0.1, -0.05) is 18.2 Å². The van der Waals surface area contributed by atoms with E-state index in [2.05, 4.69) is 52.6 Å². The van der Waals surface area contributed by atoms with Crippen LogP contribution in [0, 0.1) is 6.92 Å². The van der Waals surface area contributed by atoms with Crippen molar-refractivity contribution in [3.63, 3.8) is 0 Å². The molecule has 3 rings (SSSR count). The number of guanidine groups is 1. The second-order valence-corrected chi connectivity index (χ2v) is 7.32. The minimum absolute atomic E-state index is 0.426. The molecule has 0 amide bonds. The number of rotatable bonds is 7. The van der Waals surface area contributed by atoms with Gasteiger partial charge in [0.15, 0.2) is 5.96 Å². The fourth-order valence-corrected chi connectivity index (χ4v) is 3.60. The van der Waals surface area contributed by atoms with Crippen molar-refractivity contribution in [2.24, 2.45) is 4.99 Å². The van der Waals surface area contributed by atoms with Crippen LogP contribution >= 0.6 is 0 Å². The summed E-state index contributed by atoms with van der Waals surface area (Å²) in [6, 6.07) is 12.8. The Morgan fingerprint density at radius 1 is 1.21 bits per heavy atom. The number of piperidine rings is 1. The lowest BCUT2D eigenvalue weighted by atomic mass is 10.1. The van der Waals surface area contributed by atoms with Crippen LogP contribution in [-0.2, 0) is 6.54 Å². The summed E-state index contributed by atoms with van der Waals surface area (Å²) in [5, 5.41) is 6.99. The summed E-state index contributed by atoms with van der Waals surface area (Å²) in [6.07, 6.45) is 4.00. The number of hydrogen-bond acceptors (Lipinski definition) is 4. The zero-order chi connectivity index (χ0) is 20.5. The van der Waals surface area contributed by atoms with E-state index < -0.39 is 0 Å². The molecule has 0 aliphatic carbocycles. The van der Waals surface area contributed by atoms with Gasteiger partial charge in [-0.25, -0.2) is 9.98 Å². The third kappa shape index (κ3) is 6.11. The Morgan fingerprint density at radius 3 is 2.69 bits per heavy atom. The number of hydrogen-bond donors (Lipinski definition) is 2. The fraction of sp³-hybridized carbons (Fsp3) is 0.478. The molecular weight excluding hydrogens is 362 g/mol. The van der Waals surface area contributed by atoms with Crippen LogP contribution in [0.3, 0.4) is 0 Å². The molecule has 6 heteroatoms. The Morgan fingerprint density at radius 2 is 2.03 bits per heavy atom. The summed E-state index contributed by atoms with van der Waals surface area (Å²) in [5.74, 6) is 2.90. The number of benzene rings is 1. The number of aromatic nitrogens is 1. The van der Waals surface area contributed by atoms with Crippen molar-refractivity contribution in [2.75, 3.05) is 31.1 Å². The topological polar surface area (TPSA) is 61.8 Å². The Hall–Kier alpha value is -2.76. The number of aliphatic imine (C=N–C) groups is 1. The van der Waals surface area contributed by atoms with Crippen molar-refractivity contribution in [3.05, 3.63) is 53.7 Å². The highest BCUT2D eigenvalue weighted by molar-refractivity contribution is 5.80. The average Bonchev–Trinajstić information content (AvgIpc) is 2.75. The van der Waals surface area contributed by atoms with E-state index in [9.17, 15) is 0 Å². The molecule has 2 aromatic rings. The van der Waals surface area contributed by atoms with Gasteiger partial charge < -0.3 is 20.3 Å². The molecule has 1 fully saturated rings. The highest BCUT2D eigenvalue weighted by Gasteiger charge is 2.20. The first-order valence-electron chi connectivity index (χ1n) is 10.6. The average molecular weight is 396 g/mol. The molecule has 2 N–H and O–H groups in total. The highest BCUT2D eigenvalue weighted by atomic mass is 16.5. The van der Waals surface area contributed by atoms with Crippen molar-refractivity contribution >= 4 is 11.8 Å². The second-order valence-electron chi connectivity index (χ2n) is 7.32. The first-order valence-corrected chi connectivity index (χ1v) is 10.6. The molecule has 156 valence electrons. The van der Waals surface area contributed by atoms with Crippen molar-refractivity contribution in [2.45, 2.75) is 46.2 Å². The molecule has 0 saturated carbocycles. The van der Waals surface area contributed by atoms with Gasteiger partial charge >= 0.3 is 0 Å². The number of ether oxygens (including phenoxy) is 1. The zero-order valence-electron chi connectivity index (χ0n) is 17.8. The maximum absolute atomic E-state index is 5.63. The predicted molar refractivity (Wildman–Crippen MR) is 120 cm³/mol. The van der Waals surface area contributed by atoms with Crippen LogP contribution in [0.5, 0.6) is 5.75 Å². The first-order chi connectivity index (χ1) is 14.2. The van der Waals surface area contributed by atoms with Gasteiger partial charge in [0.25, 0.3) is 0 Å². The van der Waals surface area contributed by atoms with E-state index in [1.807, 2.05) is 31.3 Å². The Bertz CT molecular complexity index is 785. The van der Waals surface area contributed by atoms with Crippen LogP contribution in [0.4, 0.5) is 5.82 Å². The molecule has 1 aliphatic rings. The summed E-state index contributed by atoms with van der Waals surface area (Å²) in [6.45, 7) is 10.4. The van der Waals surface area contributed by atoms with Crippen LogP contribution in [0.1, 0.15) is 37.8 Å². The largest absolute Gasteiger partial charge is 0.494 e. The van der Waals surface area contributed by atoms with E-state index in [1.54, 1.807) is 0 Å². The first kappa shape index (κ1) is 21.0. The summed E-state index contributed by atoms with van der Waals surface area (Å²) >= 11 is 0. The van der Waals surface area contributed by atoms with E-state index in [0.29, 0.717) is 19.2 Å². The molecule has 2 heterocycles. The monoisotopic (exact) mass is 395 g/mol. The van der Waals surface area contributed by atoms with Crippen LogP contribution in [-0.4, -0.2) is 43.2 Å². The molecule has 0 radical (unpaired) electrons. The molecule has 1 aliphatic heterocycles. The fourth-order valence-electron chi connectivity index (χ4n) is 3.60. The highest BCUT2D eigenvalue weighted by Crippen LogP contribution is 2.20. The maximum Gasteiger partial charge on any atom is 0.191 e. The van der Waals surface area contributed by atoms with E-state index in [0.717, 1.165) is 55.6 Å². The molecule has 0 bridgehead atoms. The molecular formula is C23H33N5O. The normalized spacial score (nSPS) is 15.3. The molecule has 0 spiro atoms. The summed E-state index contributed by atoms with van der Waals surface area (Å²) in [4.78, 5) is 11.6. The van der Waals surface area contributed by atoms with E-state index in [1.165, 1.54) is 5.56 Å². The lowest BCUT2D eigenvalue weighted by Gasteiger charge is -2.33. The van der Waals surface area contributed by atoms with Crippen molar-refractivity contribution < 1.29 is 4.74 Å². The number of aryl methyl sites for hydroxylation is 1. The van der Waals surface area contributed by atoms with Crippen molar-refractivity contribution in [1.82, 2.24) is 15.6 Å². The molecule has 0 unspecified atom stereocenters. The van der Waals surface area contributed by atoms with Gasteiger partial charge in [-0.15, -0.1) is 0 Å². The second kappa shape index (κ2) is 10.7. The Labute approximate surface area is 174 Å². The molecule has 6 nitrogen and oxygen atoms in total. The number of nitrogens with one attached hydrogen (secondary N) is 2. The van der Waals surface area contributed by atoms with Gasteiger partial charge in [0.2, 0.25) is 0 Å². The minimum atomic E-state index is 0.426. The van der Waals surface area contributed by atoms with Gasteiger partial charge in [-0.05, 0) is 62.9 Å². The van der Waals surface area contributed by atoms with E-state index in [-0.39, 0.29) is 0 Å². The Kier molecular flexibility index (Phi) is 7.73. The van der Waals surface area contributed by atoms with Gasteiger partial charge in [0, 0.05) is 31.9 Å². The van der Waals surface area contributed by atoms with Gasteiger partial charge in [0.05, 0.1) is 13.2 Å². The zero-order valence-corrected chi connectivity index (χ0v) is 17.8. The lowest BCUT2D eigenvalue weighted by Crippen LogP contribution is -2.48. The number of nitrogens with zero attached hydrogens (tertiary/aromatic N) is 3. The molecule has 0 atom stereocenters. The molecule has 1 saturated heterocycles. The smallest absolute Gasteiger partial charge is 0.191 e. The van der Waals surface area contributed by atoms with Gasteiger partial charge in [-0.3, -0.25) is 0 Å². The van der Waals surface area contributed by atoms with Crippen LogP contribution in [0.15, 0.2) is 47.6 Å². The quantitative estimate of drug-likeness (QED) is 0.555. The van der Waals surface area contributed by atoms with E-state index in [4.69, 9.17) is 9.73 Å². The van der Waals surface area contributed by atoms with Gasteiger partial charge in [0.1, 0.15) is 11.6 Å². The molecule has 1 aromatic carbocycles. The lowest BCUT2D eigenvalue weighted by molar-refractivity contribution is 0.338. The number of pyridine rings is 1.